The maximum atomic E-state index is 11.6. The summed E-state index contributed by atoms with van der Waals surface area (Å²) in [7, 11) is 2.79. The highest BCUT2D eigenvalue weighted by molar-refractivity contribution is 5.93. The minimum atomic E-state index is -0.494. The predicted molar refractivity (Wildman–Crippen MR) is 50.8 cm³/mol. The van der Waals surface area contributed by atoms with Gasteiger partial charge in [0.1, 0.15) is 6.54 Å². The molecule has 15 heavy (non-hydrogen) atoms. The van der Waals surface area contributed by atoms with Gasteiger partial charge in [0.05, 0.1) is 13.4 Å². The maximum absolute atomic E-state index is 11.6. The Morgan fingerprint density at radius 2 is 2.33 bits per heavy atom. The molecule has 1 heterocycles. The van der Waals surface area contributed by atoms with Gasteiger partial charge < -0.3 is 9.73 Å². The highest BCUT2D eigenvalue weighted by Crippen LogP contribution is 2.05. The van der Waals surface area contributed by atoms with Crippen molar-refractivity contribution < 1.29 is 18.8 Å². The summed E-state index contributed by atoms with van der Waals surface area (Å²) in [5, 5.41) is 3.30. The van der Waals surface area contributed by atoms with Crippen LogP contribution in [0.25, 0.3) is 0 Å². The van der Waals surface area contributed by atoms with E-state index in [0.717, 1.165) is 5.06 Å². The summed E-state index contributed by atoms with van der Waals surface area (Å²) >= 11 is 0. The van der Waals surface area contributed by atoms with Gasteiger partial charge in [0.25, 0.3) is 0 Å². The van der Waals surface area contributed by atoms with Gasteiger partial charge in [-0.2, -0.15) is 0 Å². The predicted octanol–water partition coefficient (Wildman–Crippen LogP) is 0.0292. The minimum Gasteiger partial charge on any atom is -0.459 e. The zero-order valence-electron chi connectivity index (χ0n) is 8.52. The van der Waals surface area contributed by atoms with Crippen LogP contribution in [0.2, 0.25) is 0 Å². The molecule has 0 aromatic carbocycles. The first-order valence-electron chi connectivity index (χ1n) is 4.29. The van der Waals surface area contributed by atoms with Crippen LogP contribution in [-0.2, 0) is 9.63 Å². The summed E-state index contributed by atoms with van der Waals surface area (Å²) in [6.07, 6.45) is 1.38. The summed E-state index contributed by atoms with van der Waals surface area (Å²) in [5.41, 5.74) is 0. The number of rotatable bonds is 4. The third-order valence-electron chi connectivity index (χ3n) is 1.74. The van der Waals surface area contributed by atoms with E-state index in [-0.39, 0.29) is 18.2 Å². The van der Waals surface area contributed by atoms with E-state index in [1.165, 1.54) is 26.5 Å². The summed E-state index contributed by atoms with van der Waals surface area (Å²) < 4.78 is 4.89. The molecule has 0 aliphatic heterocycles. The molecule has 2 amide bonds. The fourth-order valence-electron chi connectivity index (χ4n) is 0.952. The van der Waals surface area contributed by atoms with Crippen LogP contribution in [0.3, 0.4) is 0 Å². The lowest BCUT2D eigenvalue weighted by Crippen LogP contribution is -2.38. The van der Waals surface area contributed by atoms with Crippen LogP contribution in [0.1, 0.15) is 10.6 Å². The van der Waals surface area contributed by atoms with Crippen molar-refractivity contribution in [3.8, 4) is 0 Å². The van der Waals surface area contributed by atoms with E-state index in [1.54, 1.807) is 6.07 Å². The maximum Gasteiger partial charge on any atom is 0.313 e. The number of hydrogen-bond donors (Lipinski definition) is 1. The van der Waals surface area contributed by atoms with Crippen molar-refractivity contribution in [1.29, 1.82) is 0 Å². The Morgan fingerprint density at radius 3 is 2.80 bits per heavy atom. The molecule has 0 spiro atoms. The van der Waals surface area contributed by atoms with Crippen LogP contribution in [0.15, 0.2) is 22.8 Å². The number of amides is 2. The first-order chi connectivity index (χ1) is 7.19. The second-order valence-corrected chi connectivity index (χ2v) is 2.67. The Bertz CT molecular complexity index is 334. The first kappa shape index (κ1) is 11.3. The lowest BCUT2D eigenvalue weighted by atomic mass is 10.4. The van der Waals surface area contributed by atoms with E-state index < -0.39 is 5.91 Å². The smallest absolute Gasteiger partial charge is 0.313 e. The quantitative estimate of drug-likeness (QED) is 0.715. The lowest BCUT2D eigenvalue weighted by Gasteiger charge is -2.16. The van der Waals surface area contributed by atoms with Crippen LogP contribution in [0, 0.1) is 0 Å². The Kier molecular flexibility index (Phi) is 3.87. The van der Waals surface area contributed by atoms with Crippen molar-refractivity contribution in [2.24, 2.45) is 0 Å². The zero-order chi connectivity index (χ0) is 11.3. The first-order valence-corrected chi connectivity index (χ1v) is 4.29. The molecule has 0 saturated heterocycles. The average molecular weight is 212 g/mol. The van der Waals surface area contributed by atoms with Crippen molar-refractivity contribution in [1.82, 2.24) is 10.4 Å². The number of likely N-dealkylation sites (N-methyl/N-ethyl adjacent to an activating group) is 1. The highest BCUT2D eigenvalue weighted by Gasteiger charge is 2.20. The SMILES string of the molecule is CNC(=O)CN(OC)C(=O)c1ccco1. The van der Waals surface area contributed by atoms with Crippen LogP contribution in [0.5, 0.6) is 0 Å². The van der Waals surface area contributed by atoms with Crippen LogP contribution in [0.4, 0.5) is 0 Å². The number of nitrogens with one attached hydrogen (secondary N) is 1. The Balaban J connectivity index is 2.67. The Hall–Kier alpha value is -1.82. The largest absolute Gasteiger partial charge is 0.459 e. The number of furan rings is 1. The molecular formula is C9H12N2O4. The molecule has 0 unspecified atom stereocenters. The summed E-state index contributed by atoms with van der Waals surface area (Å²) in [6, 6.07) is 3.08. The van der Waals surface area contributed by atoms with Gasteiger partial charge in [0, 0.05) is 7.05 Å². The average Bonchev–Trinajstić information content (AvgIpc) is 2.77. The fraction of sp³-hybridized carbons (Fsp3) is 0.333. The van der Waals surface area contributed by atoms with Gasteiger partial charge in [-0.3, -0.25) is 14.4 Å². The minimum absolute atomic E-state index is 0.126. The van der Waals surface area contributed by atoms with E-state index in [2.05, 4.69) is 5.32 Å². The summed E-state index contributed by atoms with van der Waals surface area (Å²) in [4.78, 5) is 27.4. The molecule has 6 heteroatoms. The molecule has 0 bridgehead atoms. The van der Waals surface area contributed by atoms with Gasteiger partial charge in [-0.15, -0.1) is 0 Å². The normalized spacial score (nSPS) is 9.73. The van der Waals surface area contributed by atoms with Gasteiger partial charge in [0.15, 0.2) is 5.76 Å². The van der Waals surface area contributed by atoms with Gasteiger partial charge in [-0.25, -0.2) is 5.06 Å². The topological polar surface area (TPSA) is 71.8 Å². The van der Waals surface area contributed by atoms with E-state index in [1.807, 2.05) is 0 Å². The molecule has 6 nitrogen and oxygen atoms in total. The molecule has 1 aromatic rings. The zero-order valence-corrected chi connectivity index (χ0v) is 8.52. The molecule has 1 aromatic heterocycles. The second-order valence-electron chi connectivity index (χ2n) is 2.67. The van der Waals surface area contributed by atoms with Gasteiger partial charge in [-0.05, 0) is 12.1 Å². The van der Waals surface area contributed by atoms with E-state index in [0.29, 0.717) is 0 Å². The van der Waals surface area contributed by atoms with Crippen LogP contribution in [-0.4, -0.2) is 37.6 Å². The number of nitrogens with zero attached hydrogens (tertiary/aromatic N) is 1. The molecule has 0 fully saturated rings. The molecule has 0 saturated carbocycles. The molecule has 0 radical (unpaired) electrons. The summed E-state index contributed by atoms with van der Waals surface area (Å²) in [6.45, 7) is -0.174. The van der Waals surface area contributed by atoms with E-state index >= 15 is 0 Å². The van der Waals surface area contributed by atoms with Crippen molar-refractivity contribution in [3.63, 3.8) is 0 Å². The lowest BCUT2D eigenvalue weighted by molar-refractivity contribution is -0.136. The van der Waals surface area contributed by atoms with Gasteiger partial charge >= 0.3 is 5.91 Å². The van der Waals surface area contributed by atoms with E-state index in [4.69, 9.17) is 9.25 Å². The van der Waals surface area contributed by atoms with Crippen molar-refractivity contribution in [2.75, 3.05) is 20.7 Å². The van der Waals surface area contributed by atoms with Crippen molar-refractivity contribution >= 4 is 11.8 Å². The van der Waals surface area contributed by atoms with Crippen LogP contribution < -0.4 is 5.32 Å². The number of carbonyl (C=O) groups excluding carboxylic acids is 2. The van der Waals surface area contributed by atoms with Crippen molar-refractivity contribution in [3.05, 3.63) is 24.2 Å². The highest BCUT2D eigenvalue weighted by atomic mass is 16.7. The van der Waals surface area contributed by atoms with Gasteiger partial charge in [0.2, 0.25) is 5.91 Å². The van der Waals surface area contributed by atoms with Crippen LogP contribution >= 0.6 is 0 Å². The van der Waals surface area contributed by atoms with E-state index in [9.17, 15) is 9.59 Å². The number of hydroxylamine groups is 2. The second kappa shape index (κ2) is 5.16. The molecule has 82 valence electrons. The standard InChI is InChI=1S/C9H12N2O4/c1-10-8(12)6-11(14-2)9(13)7-4-3-5-15-7/h3-5H,6H2,1-2H3,(H,10,12). The molecule has 0 atom stereocenters. The molecule has 1 rings (SSSR count). The summed E-state index contributed by atoms with van der Waals surface area (Å²) in [5.74, 6) is -0.691. The third kappa shape index (κ3) is 2.81. The molecule has 0 aliphatic rings. The molecule has 1 N–H and O–H groups in total. The Labute approximate surface area is 86.8 Å². The third-order valence-corrected chi connectivity index (χ3v) is 1.74. The fourth-order valence-corrected chi connectivity index (χ4v) is 0.952. The van der Waals surface area contributed by atoms with Gasteiger partial charge in [-0.1, -0.05) is 0 Å². The Morgan fingerprint density at radius 1 is 1.60 bits per heavy atom. The van der Waals surface area contributed by atoms with Crippen molar-refractivity contribution in [2.45, 2.75) is 0 Å². The monoisotopic (exact) mass is 212 g/mol. The molecule has 0 aliphatic carbocycles. The number of carbonyl (C=O) groups is 2. The number of hydrogen-bond acceptors (Lipinski definition) is 4. The molecular weight excluding hydrogens is 200 g/mol.